The van der Waals surface area contributed by atoms with Gasteiger partial charge in [0.05, 0.1) is 5.92 Å². The van der Waals surface area contributed by atoms with Crippen molar-refractivity contribution >= 4 is 12.3 Å². The van der Waals surface area contributed by atoms with E-state index in [1.54, 1.807) is 0 Å². The molecule has 0 spiro atoms. The highest BCUT2D eigenvalue weighted by atomic mass is 16.4. The Bertz CT molecular complexity index is 202. The van der Waals surface area contributed by atoms with E-state index in [0.29, 0.717) is 19.3 Å². The lowest BCUT2D eigenvalue weighted by atomic mass is 9.76. The lowest BCUT2D eigenvalue weighted by molar-refractivity contribution is -0.144. The monoisotopic (exact) mass is 186 g/mol. The zero-order chi connectivity index (χ0) is 9.84. The van der Waals surface area contributed by atoms with Crippen LogP contribution in [0.2, 0.25) is 0 Å². The third-order valence-corrected chi connectivity index (χ3v) is 2.64. The molecule has 4 heteroatoms. The minimum absolute atomic E-state index is 0.0197. The Morgan fingerprint density at radius 1 is 1.38 bits per heavy atom. The van der Waals surface area contributed by atoms with Gasteiger partial charge in [-0.3, -0.25) is 4.79 Å². The molecule has 0 bridgehead atoms. The molecule has 0 aliphatic heterocycles. The van der Waals surface area contributed by atoms with E-state index in [4.69, 9.17) is 10.2 Å². The molecule has 1 rings (SSSR count). The average Bonchev–Trinajstić information content (AvgIpc) is 2.16. The number of aldehydes is 1. The highest BCUT2D eigenvalue weighted by Crippen LogP contribution is 2.32. The first-order chi connectivity index (χ1) is 6.17. The van der Waals surface area contributed by atoms with Crippen molar-refractivity contribution in [1.29, 1.82) is 0 Å². The molecular weight excluding hydrogens is 172 g/mol. The fourth-order valence-corrected chi connectivity index (χ4v) is 1.95. The van der Waals surface area contributed by atoms with Crippen LogP contribution < -0.4 is 0 Å². The van der Waals surface area contributed by atoms with Gasteiger partial charge in [0.25, 0.3) is 0 Å². The van der Waals surface area contributed by atoms with Crippen LogP contribution in [0.15, 0.2) is 0 Å². The van der Waals surface area contributed by atoms with Gasteiger partial charge in [0, 0.05) is 12.5 Å². The Hall–Kier alpha value is -0.900. The Morgan fingerprint density at radius 3 is 2.54 bits per heavy atom. The Labute approximate surface area is 76.6 Å². The summed E-state index contributed by atoms with van der Waals surface area (Å²) in [6.45, 7) is -0.0197. The molecule has 1 saturated carbocycles. The first-order valence-electron chi connectivity index (χ1n) is 4.46. The number of carboxylic acid groups (broad SMARTS) is 1. The van der Waals surface area contributed by atoms with Crippen molar-refractivity contribution in [3.63, 3.8) is 0 Å². The minimum atomic E-state index is -0.856. The van der Waals surface area contributed by atoms with Gasteiger partial charge >= 0.3 is 5.97 Å². The van der Waals surface area contributed by atoms with E-state index in [9.17, 15) is 9.59 Å². The number of carbonyl (C=O) groups is 2. The molecule has 2 N–H and O–H groups in total. The van der Waals surface area contributed by atoms with Crippen LogP contribution in [0.25, 0.3) is 0 Å². The van der Waals surface area contributed by atoms with Crippen molar-refractivity contribution in [2.24, 2.45) is 17.8 Å². The predicted octanol–water partition coefficient (Wildman–Crippen LogP) is 0.295. The van der Waals surface area contributed by atoms with E-state index >= 15 is 0 Å². The second-order valence-electron chi connectivity index (χ2n) is 3.69. The summed E-state index contributed by atoms with van der Waals surface area (Å²) >= 11 is 0. The van der Waals surface area contributed by atoms with Crippen molar-refractivity contribution in [2.45, 2.75) is 19.3 Å². The fraction of sp³-hybridized carbons (Fsp3) is 0.778. The van der Waals surface area contributed by atoms with Gasteiger partial charge in [-0.05, 0) is 25.2 Å². The third-order valence-electron chi connectivity index (χ3n) is 2.64. The van der Waals surface area contributed by atoms with Crippen LogP contribution in [0.4, 0.5) is 0 Å². The Balaban J connectivity index is 2.58. The number of hydrogen-bond donors (Lipinski definition) is 2. The van der Waals surface area contributed by atoms with Crippen molar-refractivity contribution < 1.29 is 19.8 Å². The highest BCUT2D eigenvalue weighted by molar-refractivity contribution is 5.71. The van der Waals surface area contributed by atoms with Gasteiger partial charge in [0.15, 0.2) is 0 Å². The summed E-state index contributed by atoms with van der Waals surface area (Å²) in [4.78, 5) is 21.2. The number of carboxylic acids is 1. The van der Waals surface area contributed by atoms with Gasteiger partial charge in [-0.15, -0.1) is 0 Å². The van der Waals surface area contributed by atoms with Crippen LogP contribution >= 0.6 is 0 Å². The smallest absolute Gasteiger partial charge is 0.306 e. The molecule has 3 atom stereocenters. The van der Waals surface area contributed by atoms with Crippen LogP contribution in [0.3, 0.4) is 0 Å². The van der Waals surface area contributed by atoms with Crippen LogP contribution in [0.1, 0.15) is 19.3 Å². The Kier molecular flexibility index (Phi) is 3.42. The lowest BCUT2D eigenvalue weighted by Crippen LogP contribution is -2.30. The summed E-state index contributed by atoms with van der Waals surface area (Å²) in [7, 11) is 0. The van der Waals surface area contributed by atoms with Gasteiger partial charge in [-0.2, -0.15) is 0 Å². The second kappa shape index (κ2) is 4.37. The maximum Gasteiger partial charge on any atom is 0.306 e. The number of aliphatic carboxylic acids is 1. The number of carbonyl (C=O) groups excluding carboxylic acids is 1. The summed E-state index contributed by atoms with van der Waals surface area (Å²) in [6.07, 6.45) is 2.35. The van der Waals surface area contributed by atoms with Crippen LogP contribution in [-0.2, 0) is 9.59 Å². The summed E-state index contributed by atoms with van der Waals surface area (Å²) in [6, 6.07) is 0. The van der Waals surface area contributed by atoms with Gasteiger partial charge in [0.1, 0.15) is 6.29 Å². The molecule has 0 saturated heterocycles. The number of rotatable bonds is 3. The van der Waals surface area contributed by atoms with Crippen LogP contribution in [0, 0.1) is 17.8 Å². The first-order valence-corrected chi connectivity index (χ1v) is 4.46. The van der Waals surface area contributed by atoms with Gasteiger partial charge in [-0.1, -0.05) is 0 Å². The van der Waals surface area contributed by atoms with Gasteiger partial charge < -0.3 is 15.0 Å². The molecule has 0 radical (unpaired) electrons. The zero-order valence-electron chi connectivity index (χ0n) is 7.35. The van der Waals surface area contributed by atoms with Gasteiger partial charge in [-0.25, -0.2) is 0 Å². The average molecular weight is 186 g/mol. The molecule has 0 aromatic rings. The molecule has 3 unspecified atom stereocenters. The SMILES string of the molecule is O=CC1CC(CO)CC(C(=O)O)C1. The van der Waals surface area contributed by atoms with Crippen LogP contribution in [0.5, 0.6) is 0 Å². The topological polar surface area (TPSA) is 74.6 Å². The minimum Gasteiger partial charge on any atom is -0.481 e. The van der Waals surface area contributed by atoms with Gasteiger partial charge in [0.2, 0.25) is 0 Å². The maximum absolute atomic E-state index is 10.7. The summed E-state index contributed by atoms with van der Waals surface area (Å²) in [5.41, 5.74) is 0. The highest BCUT2D eigenvalue weighted by Gasteiger charge is 2.32. The second-order valence-corrected chi connectivity index (χ2v) is 3.69. The molecule has 74 valence electrons. The molecule has 0 amide bonds. The standard InChI is InChI=1S/C9H14O4/c10-4-6-1-7(5-11)3-8(2-6)9(12)13/h4,6-8,11H,1-3,5H2,(H,12,13). The van der Waals surface area contributed by atoms with E-state index in [-0.39, 0.29) is 18.4 Å². The van der Waals surface area contributed by atoms with Crippen molar-refractivity contribution in [2.75, 3.05) is 6.61 Å². The molecule has 1 aliphatic carbocycles. The summed E-state index contributed by atoms with van der Waals surface area (Å²) < 4.78 is 0. The zero-order valence-corrected chi connectivity index (χ0v) is 7.35. The largest absolute Gasteiger partial charge is 0.481 e. The quantitative estimate of drug-likeness (QED) is 0.621. The van der Waals surface area contributed by atoms with E-state index < -0.39 is 11.9 Å². The molecule has 0 aromatic carbocycles. The third kappa shape index (κ3) is 2.52. The van der Waals surface area contributed by atoms with Crippen molar-refractivity contribution in [3.8, 4) is 0 Å². The number of aliphatic hydroxyl groups is 1. The molecular formula is C9H14O4. The Morgan fingerprint density at radius 2 is 2.08 bits per heavy atom. The first kappa shape index (κ1) is 10.2. The van der Waals surface area contributed by atoms with E-state index in [0.717, 1.165) is 6.29 Å². The summed E-state index contributed by atoms with van der Waals surface area (Å²) in [5.74, 6) is -1.52. The van der Waals surface area contributed by atoms with E-state index in [2.05, 4.69) is 0 Å². The normalized spacial score (nSPS) is 34.1. The predicted molar refractivity (Wildman–Crippen MR) is 45.1 cm³/mol. The molecule has 0 heterocycles. The number of hydrogen-bond acceptors (Lipinski definition) is 3. The van der Waals surface area contributed by atoms with E-state index in [1.807, 2.05) is 0 Å². The molecule has 1 aliphatic rings. The maximum atomic E-state index is 10.7. The number of aliphatic hydroxyl groups excluding tert-OH is 1. The van der Waals surface area contributed by atoms with Crippen molar-refractivity contribution in [3.05, 3.63) is 0 Å². The fourth-order valence-electron chi connectivity index (χ4n) is 1.95. The lowest BCUT2D eigenvalue weighted by Gasteiger charge is -2.28. The van der Waals surface area contributed by atoms with Crippen molar-refractivity contribution in [1.82, 2.24) is 0 Å². The summed E-state index contributed by atoms with van der Waals surface area (Å²) in [5, 5.41) is 17.7. The molecule has 13 heavy (non-hydrogen) atoms. The molecule has 4 nitrogen and oxygen atoms in total. The molecule has 1 fully saturated rings. The van der Waals surface area contributed by atoms with Crippen LogP contribution in [-0.4, -0.2) is 29.1 Å². The van der Waals surface area contributed by atoms with E-state index in [1.165, 1.54) is 0 Å². The molecule has 0 aromatic heterocycles.